The third-order valence-electron chi connectivity index (χ3n) is 2.77. The minimum absolute atomic E-state index is 0.0383. The van der Waals surface area contributed by atoms with Gasteiger partial charge in [-0.1, -0.05) is 24.6 Å². The maximum Gasteiger partial charge on any atom is 0.241 e. The van der Waals surface area contributed by atoms with Gasteiger partial charge in [0.1, 0.15) is 0 Å². The van der Waals surface area contributed by atoms with Crippen molar-refractivity contribution in [2.24, 2.45) is 0 Å². The van der Waals surface area contributed by atoms with Gasteiger partial charge in [-0.3, -0.25) is 4.79 Å². The Kier molecular flexibility index (Phi) is 5.50. The second-order valence-corrected chi connectivity index (χ2v) is 6.28. The Morgan fingerprint density at radius 2 is 1.84 bits per heavy atom. The molecule has 0 aromatic heterocycles. The Balaban J connectivity index is 2.61. The minimum Gasteiger partial charge on any atom is -0.353 e. The molecule has 6 heteroatoms. The van der Waals surface area contributed by atoms with Crippen LogP contribution in [0, 0.1) is 6.92 Å². The van der Waals surface area contributed by atoms with Gasteiger partial charge in [0.05, 0.1) is 11.4 Å². The van der Waals surface area contributed by atoms with Gasteiger partial charge in [0.25, 0.3) is 0 Å². The van der Waals surface area contributed by atoms with Crippen LogP contribution in [0.15, 0.2) is 29.2 Å². The number of carbonyl (C=O) groups excluding carboxylic acids is 1. The van der Waals surface area contributed by atoms with Crippen LogP contribution >= 0.6 is 0 Å². The highest BCUT2D eigenvalue weighted by molar-refractivity contribution is 7.89. The van der Waals surface area contributed by atoms with Crippen LogP contribution in [0.4, 0.5) is 0 Å². The summed E-state index contributed by atoms with van der Waals surface area (Å²) in [5, 5.41) is 2.70. The number of amides is 1. The van der Waals surface area contributed by atoms with E-state index >= 15 is 0 Å². The molecule has 0 radical (unpaired) electrons. The second kappa shape index (κ2) is 6.68. The highest BCUT2D eigenvalue weighted by Crippen LogP contribution is 2.09. The zero-order valence-corrected chi connectivity index (χ0v) is 12.3. The zero-order valence-electron chi connectivity index (χ0n) is 11.4. The molecule has 0 unspecified atom stereocenters. The van der Waals surface area contributed by atoms with Crippen LogP contribution in [0.3, 0.4) is 0 Å². The Morgan fingerprint density at radius 3 is 2.37 bits per heavy atom. The molecule has 19 heavy (non-hydrogen) atoms. The summed E-state index contributed by atoms with van der Waals surface area (Å²) in [5.41, 5.74) is 0.980. The van der Waals surface area contributed by atoms with Crippen molar-refractivity contribution in [2.75, 3.05) is 6.54 Å². The van der Waals surface area contributed by atoms with E-state index in [1.54, 1.807) is 12.1 Å². The van der Waals surface area contributed by atoms with E-state index in [1.807, 2.05) is 20.8 Å². The monoisotopic (exact) mass is 284 g/mol. The zero-order chi connectivity index (χ0) is 14.5. The van der Waals surface area contributed by atoms with E-state index in [0.717, 1.165) is 12.0 Å². The summed E-state index contributed by atoms with van der Waals surface area (Å²) >= 11 is 0. The van der Waals surface area contributed by atoms with E-state index in [-0.39, 0.29) is 23.4 Å². The smallest absolute Gasteiger partial charge is 0.241 e. The molecule has 0 bridgehead atoms. The Labute approximate surface area is 114 Å². The molecule has 1 rings (SSSR count). The third-order valence-corrected chi connectivity index (χ3v) is 4.19. The molecule has 0 saturated carbocycles. The summed E-state index contributed by atoms with van der Waals surface area (Å²) in [4.78, 5) is 11.7. The molecule has 0 aliphatic heterocycles. The van der Waals surface area contributed by atoms with Crippen molar-refractivity contribution in [1.29, 1.82) is 0 Å². The highest BCUT2D eigenvalue weighted by Gasteiger charge is 2.15. The molecule has 0 saturated heterocycles. The number of aryl methyl sites for hydroxylation is 1. The van der Waals surface area contributed by atoms with Crippen molar-refractivity contribution >= 4 is 15.9 Å². The number of nitrogens with one attached hydrogen (secondary N) is 2. The van der Waals surface area contributed by atoms with E-state index in [4.69, 9.17) is 0 Å². The molecule has 1 amide bonds. The van der Waals surface area contributed by atoms with Gasteiger partial charge in [-0.25, -0.2) is 13.1 Å². The molecule has 0 fully saturated rings. The molecule has 1 atom stereocenters. The number of benzene rings is 1. The molecule has 2 N–H and O–H groups in total. The second-order valence-electron chi connectivity index (χ2n) is 4.51. The van der Waals surface area contributed by atoms with Crippen molar-refractivity contribution < 1.29 is 13.2 Å². The molecule has 5 nitrogen and oxygen atoms in total. The minimum atomic E-state index is -3.63. The third kappa shape index (κ3) is 5.00. The maximum absolute atomic E-state index is 11.9. The van der Waals surface area contributed by atoms with Crippen LogP contribution in [0.1, 0.15) is 25.8 Å². The predicted molar refractivity (Wildman–Crippen MR) is 74.3 cm³/mol. The van der Waals surface area contributed by atoms with Crippen LogP contribution in [0.25, 0.3) is 0 Å². The average Bonchev–Trinajstić information content (AvgIpc) is 2.37. The molecule has 0 aliphatic carbocycles. The first-order chi connectivity index (χ1) is 8.85. The lowest BCUT2D eigenvalue weighted by Gasteiger charge is -2.12. The van der Waals surface area contributed by atoms with Gasteiger partial charge in [-0.05, 0) is 32.4 Å². The number of hydrogen-bond donors (Lipinski definition) is 2. The topological polar surface area (TPSA) is 75.3 Å². The fourth-order valence-corrected chi connectivity index (χ4v) is 2.37. The number of hydrogen-bond acceptors (Lipinski definition) is 3. The van der Waals surface area contributed by atoms with Gasteiger partial charge < -0.3 is 5.32 Å². The lowest BCUT2D eigenvalue weighted by Crippen LogP contribution is -2.40. The molecule has 1 aromatic carbocycles. The molecular weight excluding hydrogens is 264 g/mol. The maximum atomic E-state index is 11.9. The first kappa shape index (κ1) is 15.7. The normalized spacial score (nSPS) is 13.0. The summed E-state index contributed by atoms with van der Waals surface area (Å²) in [7, 11) is -3.63. The van der Waals surface area contributed by atoms with Crippen LogP contribution < -0.4 is 10.0 Å². The summed E-state index contributed by atoms with van der Waals surface area (Å²) < 4.78 is 26.1. The quantitative estimate of drug-likeness (QED) is 0.824. The lowest BCUT2D eigenvalue weighted by molar-refractivity contribution is -0.120. The van der Waals surface area contributed by atoms with Crippen molar-refractivity contribution in [3.63, 3.8) is 0 Å². The molecule has 106 valence electrons. The molecule has 1 aromatic rings. The van der Waals surface area contributed by atoms with Gasteiger partial charge in [-0.2, -0.15) is 0 Å². The van der Waals surface area contributed by atoms with Gasteiger partial charge in [-0.15, -0.1) is 0 Å². The Hall–Kier alpha value is -1.40. The van der Waals surface area contributed by atoms with Gasteiger partial charge in [0.2, 0.25) is 15.9 Å². The van der Waals surface area contributed by atoms with E-state index in [0.29, 0.717) is 0 Å². The van der Waals surface area contributed by atoms with Crippen LogP contribution in [0.5, 0.6) is 0 Å². The first-order valence-electron chi connectivity index (χ1n) is 6.21. The number of rotatable bonds is 6. The fraction of sp³-hybridized carbons (Fsp3) is 0.462. The van der Waals surface area contributed by atoms with E-state index in [2.05, 4.69) is 10.0 Å². The summed E-state index contributed by atoms with van der Waals surface area (Å²) in [6, 6.07) is 6.51. The lowest BCUT2D eigenvalue weighted by atomic mass is 10.2. The molecular formula is C13H20N2O3S. The first-order valence-corrected chi connectivity index (χ1v) is 7.69. The van der Waals surface area contributed by atoms with Crippen LogP contribution in [-0.2, 0) is 14.8 Å². The van der Waals surface area contributed by atoms with E-state index in [9.17, 15) is 13.2 Å². The molecule has 0 heterocycles. The van der Waals surface area contributed by atoms with Crippen molar-refractivity contribution in [2.45, 2.75) is 38.1 Å². The van der Waals surface area contributed by atoms with Gasteiger partial charge >= 0.3 is 0 Å². The summed E-state index contributed by atoms with van der Waals surface area (Å²) in [6.07, 6.45) is 0.802. The fourth-order valence-electron chi connectivity index (χ4n) is 1.39. The predicted octanol–water partition coefficient (Wildman–Crippen LogP) is 1.19. The van der Waals surface area contributed by atoms with Crippen LogP contribution in [-0.4, -0.2) is 26.9 Å². The van der Waals surface area contributed by atoms with Crippen molar-refractivity contribution in [3.8, 4) is 0 Å². The van der Waals surface area contributed by atoms with Gasteiger partial charge in [0, 0.05) is 6.04 Å². The van der Waals surface area contributed by atoms with Crippen molar-refractivity contribution in [1.82, 2.24) is 10.0 Å². The van der Waals surface area contributed by atoms with Gasteiger partial charge in [0.15, 0.2) is 0 Å². The average molecular weight is 284 g/mol. The van der Waals surface area contributed by atoms with E-state index in [1.165, 1.54) is 12.1 Å². The Bertz CT molecular complexity index is 523. The van der Waals surface area contributed by atoms with Crippen molar-refractivity contribution in [3.05, 3.63) is 29.8 Å². The Morgan fingerprint density at radius 1 is 1.26 bits per heavy atom. The number of sulfonamides is 1. The van der Waals surface area contributed by atoms with E-state index < -0.39 is 10.0 Å². The summed E-state index contributed by atoms with van der Waals surface area (Å²) in [6.45, 7) is 5.44. The molecule has 0 spiro atoms. The SMILES string of the molecule is CC[C@@H](C)NC(=O)CNS(=O)(=O)c1ccc(C)cc1. The highest BCUT2D eigenvalue weighted by atomic mass is 32.2. The number of carbonyl (C=O) groups is 1. The molecule has 0 aliphatic rings. The summed E-state index contributed by atoms with van der Waals surface area (Å²) in [5.74, 6) is -0.329. The van der Waals surface area contributed by atoms with Crippen LogP contribution in [0.2, 0.25) is 0 Å². The standard InChI is InChI=1S/C13H20N2O3S/c1-4-11(3)15-13(16)9-14-19(17,18)12-7-5-10(2)6-8-12/h5-8,11,14H,4,9H2,1-3H3,(H,15,16)/t11-/m1/s1. The largest absolute Gasteiger partial charge is 0.353 e.